The average Bonchev–Trinajstić information content (AvgIpc) is 3.16. The number of hydrogen-bond donors (Lipinski definition) is 2. The largest absolute Gasteiger partial charge is 0.351 e. The van der Waals surface area contributed by atoms with E-state index in [1.54, 1.807) is 6.20 Å². The molecule has 0 saturated carbocycles. The molecule has 0 aliphatic heterocycles. The van der Waals surface area contributed by atoms with Crippen LogP contribution in [-0.2, 0) is 0 Å². The molecule has 5 nitrogen and oxygen atoms in total. The predicted molar refractivity (Wildman–Crippen MR) is 81.6 cm³/mol. The second kappa shape index (κ2) is 4.56. The number of aromatic amines is 2. The van der Waals surface area contributed by atoms with Gasteiger partial charge in [-0.2, -0.15) is 5.10 Å². The Labute approximate surface area is 121 Å². The first-order valence-corrected chi connectivity index (χ1v) is 6.74. The molecule has 0 unspecified atom stereocenters. The summed E-state index contributed by atoms with van der Waals surface area (Å²) in [5.41, 5.74) is 5.72. The van der Waals surface area contributed by atoms with E-state index in [1.807, 2.05) is 31.2 Å². The highest BCUT2D eigenvalue weighted by Gasteiger charge is 2.13. The zero-order valence-corrected chi connectivity index (χ0v) is 11.5. The van der Waals surface area contributed by atoms with Gasteiger partial charge in [0.05, 0.1) is 16.7 Å². The van der Waals surface area contributed by atoms with E-state index < -0.39 is 0 Å². The first-order chi connectivity index (χ1) is 10.3. The number of aryl methyl sites for hydroxylation is 1. The van der Waals surface area contributed by atoms with Crippen molar-refractivity contribution < 1.29 is 0 Å². The molecule has 0 saturated heterocycles. The van der Waals surface area contributed by atoms with E-state index in [9.17, 15) is 0 Å². The lowest BCUT2D eigenvalue weighted by Crippen LogP contribution is -1.93. The maximum Gasteiger partial charge on any atom is 0.126 e. The number of fused-ring (bicyclic) bond motifs is 1. The molecule has 3 heterocycles. The van der Waals surface area contributed by atoms with Crippen LogP contribution in [0, 0.1) is 6.92 Å². The third-order valence-electron chi connectivity index (χ3n) is 3.43. The summed E-state index contributed by atoms with van der Waals surface area (Å²) in [6, 6.07) is 14.2. The van der Waals surface area contributed by atoms with Gasteiger partial charge in [0.15, 0.2) is 0 Å². The Bertz CT molecular complexity index is 891. The molecule has 0 aliphatic rings. The summed E-state index contributed by atoms with van der Waals surface area (Å²) in [4.78, 5) is 12.5. The third kappa shape index (κ3) is 1.99. The van der Waals surface area contributed by atoms with E-state index in [-0.39, 0.29) is 0 Å². The zero-order valence-electron chi connectivity index (χ0n) is 11.5. The number of aromatic nitrogens is 5. The van der Waals surface area contributed by atoms with Crippen molar-refractivity contribution >= 4 is 11.0 Å². The van der Waals surface area contributed by atoms with Crippen molar-refractivity contribution in [1.29, 1.82) is 0 Å². The highest BCUT2D eigenvalue weighted by atomic mass is 15.1. The minimum atomic E-state index is 0.741. The Morgan fingerprint density at radius 2 is 1.81 bits per heavy atom. The minimum absolute atomic E-state index is 0.741. The Kier molecular flexibility index (Phi) is 2.57. The maximum atomic E-state index is 4.54. The first kappa shape index (κ1) is 11.8. The molecule has 3 aromatic heterocycles. The SMILES string of the molecule is Cc1nc(-c2ccn[nH]2)c2[nH]c(-c3ccccc3)cc2n1. The fourth-order valence-corrected chi connectivity index (χ4v) is 2.49. The van der Waals surface area contributed by atoms with E-state index >= 15 is 0 Å². The van der Waals surface area contributed by atoms with Gasteiger partial charge in [0.1, 0.15) is 11.5 Å². The van der Waals surface area contributed by atoms with Crippen LogP contribution in [-0.4, -0.2) is 25.1 Å². The molecule has 0 spiro atoms. The van der Waals surface area contributed by atoms with Crippen LogP contribution in [0.2, 0.25) is 0 Å². The monoisotopic (exact) mass is 275 g/mol. The summed E-state index contributed by atoms with van der Waals surface area (Å²) in [5.74, 6) is 0.741. The summed E-state index contributed by atoms with van der Waals surface area (Å²) < 4.78 is 0. The van der Waals surface area contributed by atoms with Gasteiger partial charge in [-0.3, -0.25) is 5.10 Å². The van der Waals surface area contributed by atoms with Crippen molar-refractivity contribution in [2.75, 3.05) is 0 Å². The standard InChI is InChI=1S/C16H13N5/c1-10-18-14-9-13(11-5-3-2-4-6-11)20-16(14)15(19-10)12-7-8-17-21-12/h2-9,20H,1H3,(H,17,21). The van der Waals surface area contributed by atoms with E-state index in [2.05, 4.69) is 43.3 Å². The van der Waals surface area contributed by atoms with Gasteiger partial charge in [-0.05, 0) is 24.6 Å². The second-order valence-electron chi connectivity index (χ2n) is 4.90. The van der Waals surface area contributed by atoms with E-state index in [4.69, 9.17) is 0 Å². The number of nitrogens with zero attached hydrogens (tertiary/aromatic N) is 3. The molecule has 0 bridgehead atoms. The number of nitrogens with one attached hydrogen (secondary N) is 2. The zero-order chi connectivity index (χ0) is 14.2. The van der Waals surface area contributed by atoms with Crippen molar-refractivity contribution in [2.24, 2.45) is 0 Å². The molecule has 0 radical (unpaired) electrons. The Balaban J connectivity index is 1.97. The molecule has 5 heteroatoms. The quantitative estimate of drug-likeness (QED) is 0.589. The fourth-order valence-electron chi connectivity index (χ4n) is 2.49. The van der Waals surface area contributed by atoms with Crippen molar-refractivity contribution in [3.8, 4) is 22.6 Å². The summed E-state index contributed by atoms with van der Waals surface area (Å²) in [6.45, 7) is 1.90. The Hall–Kier alpha value is -2.95. The van der Waals surface area contributed by atoms with Crippen LogP contribution in [0.5, 0.6) is 0 Å². The lowest BCUT2D eigenvalue weighted by atomic mass is 10.2. The first-order valence-electron chi connectivity index (χ1n) is 6.74. The minimum Gasteiger partial charge on any atom is -0.351 e. The fraction of sp³-hybridized carbons (Fsp3) is 0.0625. The van der Waals surface area contributed by atoms with Crippen LogP contribution in [0.3, 0.4) is 0 Å². The third-order valence-corrected chi connectivity index (χ3v) is 3.43. The van der Waals surface area contributed by atoms with Gasteiger partial charge in [0.2, 0.25) is 0 Å². The van der Waals surface area contributed by atoms with Gasteiger partial charge >= 0.3 is 0 Å². The van der Waals surface area contributed by atoms with Crippen LogP contribution < -0.4 is 0 Å². The molecule has 4 rings (SSSR count). The van der Waals surface area contributed by atoms with Crippen molar-refractivity contribution in [2.45, 2.75) is 6.92 Å². The number of rotatable bonds is 2. The van der Waals surface area contributed by atoms with Gasteiger partial charge in [-0.25, -0.2) is 9.97 Å². The van der Waals surface area contributed by atoms with Gasteiger partial charge in [0.25, 0.3) is 0 Å². The molecule has 2 N–H and O–H groups in total. The van der Waals surface area contributed by atoms with Crippen LogP contribution in [0.25, 0.3) is 33.7 Å². The van der Waals surface area contributed by atoms with Crippen LogP contribution >= 0.6 is 0 Å². The summed E-state index contributed by atoms with van der Waals surface area (Å²) in [7, 11) is 0. The molecule has 0 atom stereocenters. The predicted octanol–water partition coefficient (Wildman–Crippen LogP) is 3.32. The van der Waals surface area contributed by atoms with Crippen molar-refractivity contribution in [1.82, 2.24) is 25.1 Å². The van der Waals surface area contributed by atoms with E-state index in [0.717, 1.165) is 39.5 Å². The van der Waals surface area contributed by atoms with E-state index in [1.165, 1.54) is 0 Å². The molecular formula is C16H13N5. The topological polar surface area (TPSA) is 70.2 Å². The maximum absolute atomic E-state index is 4.54. The lowest BCUT2D eigenvalue weighted by molar-refractivity contribution is 1.06. The molecule has 0 aliphatic carbocycles. The Morgan fingerprint density at radius 3 is 2.57 bits per heavy atom. The number of benzene rings is 1. The molecule has 21 heavy (non-hydrogen) atoms. The van der Waals surface area contributed by atoms with Crippen molar-refractivity contribution in [3.05, 3.63) is 54.5 Å². The van der Waals surface area contributed by atoms with Crippen LogP contribution in [0.4, 0.5) is 0 Å². The second-order valence-corrected chi connectivity index (χ2v) is 4.90. The van der Waals surface area contributed by atoms with Gasteiger partial charge in [-0.1, -0.05) is 30.3 Å². The summed E-state index contributed by atoms with van der Waals surface area (Å²) in [6.07, 6.45) is 1.72. The molecular weight excluding hydrogens is 262 g/mol. The van der Waals surface area contributed by atoms with Gasteiger partial charge in [-0.15, -0.1) is 0 Å². The molecule has 4 aromatic rings. The molecule has 102 valence electrons. The number of hydrogen-bond acceptors (Lipinski definition) is 3. The summed E-state index contributed by atoms with van der Waals surface area (Å²) in [5, 5.41) is 6.96. The van der Waals surface area contributed by atoms with Crippen LogP contribution in [0.15, 0.2) is 48.7 Å². The van der Waals surface area contributed by atoms with Gasteiger partial charge < -0.3 is 4.98 Å². The molecule has 0 amide bonds. The van der Waals surface area contributed by atoms with Crippen molar-refractivity contribution in [3.63, 3.8) is 0 Å². The van der Waals surface area contributed by atoms with E-state index in [0.29, 0.717) is 0 Å². The molecule has 0 fully saturated rings. The van der Waals surface area contributed by atoms with Crippen LogP contribution in [0.1, 0.15) is 5.82 Å². The normalized spacial score (nSPS) is 11.1. The lowest BCUT2D eigenvalue weighted by Gasteiger charge is -2.01. The summed E-state index contributed by atoms with van der Waals surface area (Å²) >= 11 is 0. The average molecular weight is 275 g/mol. The highest BCUT2D eigenvalue weighted by molar-refractivity contribution is 5.92. The molecule has 1 aromatic carbocycles. The van der Waals surface area contributed by atoms with Gasteiger partial charge in [0, 0.05) is 11.9 Å². The highest BCUT2D eigenvalue weighted by Crippen LogP contribution is 2.28. The smallest absolute Gasteiger partial charge is 0.126 e. The Morgan fingerprint density at radius 1 is 0.952 bits per heavy atom. The number of H-pyrrole nitrogens is 2.